The van der Waals surface area contributed by atoms with Crippen LogP contribution in [0.2, 0.25) is 0 Å². The van der Waals surface area contributed by atoms with Gasteiger partial charge in [-0.25, -0.2) is 9.18 Å². The summed E-state index contributed by atoms with van der Waals surface area (Å²) in [6, 6.07) is 2.58. The molecule has 0 saturated heterocycles. The third kappa shape index (κ3) is 4.15. The lowest BCUT2D eigenvalue weighted by molar-refractivity contribution is -0.140. The van der Waals surface area contributed by atoms with E-state index in [1.54, 1.807) is 13.8 Å². The number of hydrogen-bond acceptors (Lipinski definition) is 4. The van der Waals surface area contributed by atoms with Gasteiger partial charge in [0.2, 0.25) is 0 Å². The molecule has 1 aliphatic carbocycles. The van der Waals surface area contributed by atoms with Crippen LogP contribution in [0.4, 0.5) is 22.4 Å². The summed E-state index contributed by atoms with van der Waals surface area (Å²) >= 11 is 0. The van der Waals surface area contributed by atoms with Gasteiger partial charge in [0.05, 0.1) is 11.1 Å². The molecule has 0 radical (unpaired) electrons. The number of rotatable bonds is 5. The standard InChI is InChI=1S/C15H18F4N2O3/c1-13(2,21-23)8-20-12(22)24-14(5-6-14)9-3-4-11(16)10(7-9)15(17,18)19/h3-4,7,21,23H,5-6,8H2,1-2H3,(H,20,22). The van der Waals surface area contributed by atoms with Gasteiger partial charge < -0.3 is 15.3 Å². The molecule has 1 aromatic rings. The molecule has 0 bridgehead atoms. The van der Waals surface area contributed by atoms with Crippen LogP contribution >= 0.6 is 0 Å². The summed E-state index contributed by atoms with van der Waals surface area (Å²) in [4.78, 5) is 11.8. The third-order valence-electron chi connectivity index (χ3n) is 3.77. The van der Waals surface area contributed by atoms with Crippen molar-refractivity contribution in [2.45, 2.75) is 44.0 Å². The maximum atomic E-state index is 13.4. The Labute approximate surface area is 135 Å². The number of hydroxylamine groups is 1. The van der Waals surface area contributed by atoms with Crippen LogP contribution in [0.25, 0.3) is 0 Å². The smallest absolute Gasteiger partial charge is 0.419 e. The van der Waals surface area contributed by atoms with Crippen LogP contribution < -0.4 is 10.8 Å². The van der Waals surface area contributed by atoms with Gasteiger partial charge in [-0.3, -0.25) is 0 Å². The molecule has 3 N–H and O–H groups in total. The molecular weight excluding hydrogens is 332 g/mol. The van der Waals surface area contributed by atoms with E-state index in [0.29, 0.717) is 18.9 Å². The molecule has 5 nitrogen and oxygen atoms in total. The molecule has 24 heavy (non-hydrogen) atoms. The van der Waals surface area contributed by atoms with E-state index in [1.165, 1.54) is 6.07 Å². The summed E-state index contributed by atoms with van der Waals surface area (Å²) in [5.41, 5.74) is -1.25. The molecule has 1 aromatic carbocycles. The van der Waals surface area contributed by atoms with Gasteiger partial charge in [-0.15, -0.1) is 0 Å². The minimum atomic E-state index is -4.82. The van der Waals surface area contributed by atoms with E-state index in [2.05, 4.69) is 5.32 Å². The van der Waals surface area contributed by atoms with Crippen molar-refractivity contribution in [3.8, 4) is 0 Å². The molecule has 0 aromatic heterocycles. The first kappa shape index (κ1) is 18.5. The molecule has 0 atom stereocenters. The predicted octanol–water partition coefficient (Wildman–Crippen LogP) is 3.32. The molecule has 1 saturated carbocycles. The van der Waals surface area contributed by atoms with Gasteiger partial charge in [-0.1, -0.05) is 6.07 Å². The maximum absolute atomic E-state index is 13.4. The number of carbonyl (C=O) groups is 1. The van der Waals surface area contributed by atoms with Gasteiger partial charge >= 0.3 is 12.3 Å². The van der Waals surface area contributed by atoms with E-state index in [4.69, 9.17) is 9.94 Å². The van der Waals surface area contributed by atoms with Crippen LogP contribution in [-0.4, -0.2) is 23.4 Å². The molecule has 0 spiro atoms. The van der Waals surface area contributed by atoms with Gasteiger partial charge in [0.25, 0.3) is 0 Å². The molecule has 0 heterocycles. The average molecular weight is 350 g/mol. The minimum absolute atomic E-state index is 0.0373. The van der Waals surface area contributed by atoms with Gasteiger partial charge in [0.15, 0.2) is 0 Å². The first-order valence-electron chi connectivity index (χ1n) is 7.24. The van der Waals surface area contributed by atoms with Crippen LogP contribution in [0.15, 0.2) is 18.2 Å². The highest BCUT2D eigenvalue weighted by atomic mass is 19.4. The lowest BCUT2D eigenvalue weighted by Gasteiger charge is -2.24. The van der Waals surface area contributed by atoms with Crippen LogP contribution in [0.1, 0.15) is 37.8 Å². The van der Waals surface area contributed by atoms with Crippen molar-refractivity contribution < 1.29 is 32.3 Å². The quantitative estimate of drug-likeness (QED) is 0.563. The zero-order valence-corrected chi connectivity index (χ0v) is 13.1. The highest BCUT2D eigenvalue weighted by molar-refractivity contribution is 5.68. The van der Waals surface area contributed by atoms with Crippen LogP contribution in [-0.2, 0) is 16.5 Å². The molecule has 1 amide bonds. The molecule has 0 aliphatic heterocycles. The Bertz CT molecular complexity index is 628. The number of hydrogen-bond donors (Lipinski definition) is 3. The number of amides is 1. The maximum Gasteiger partial charge on any atom is 0.419 e. The number of ether oxygens (including phenoxy) is 1. The summed E-state index contributed by atoms with van der Waals surface area (Å²) in [7, 11) is 0. The fraction of sp³-hybridized carbons (Fsp3) is 0.533. The summed E-state index contributed by atoms with van der Waals surface area (Å²) < 4.78 is 57.0. The minimum Gasteiger partial charge on any atom is -0.438 e. The van der Waals surface area contributed by atoms with E-state index in [0.717, 1.165) is 6.07 Å². The molecule has 1 fully saturated rings. The highest BCUT2D eigenvalue weighted by Gasteiger charge is 2.50. The fourth-order valence-corrected chi connectivity index (χ4v) is 2.14. The number of alkyl halides is 3. The summed E-state index contributed by atoms with van der Waals surface area (Å²) in [6.07, 6.45) is -4.95. The summed E-state index contributed by atoms with van der Waals surface area (Å²) in [6.45, 7) is 3.28. The third-order valence-corrected chi connectivity index (χ3v) is 3.77. The van der Waals surface area contributed by atoms with Crippen molar-refractivity contribution in [1.29, 1.82) is 0 Å². The number of nitrogens with one attached hydrogen (secondary N) is 2. The predicted molar refractivity (Wildman–Crippen MR) is 75.8 cm³/mol. The van der Waals surface area contributed by atoms with Crippen molar-refractivity contribution in [2.75, 3.05) is 6.54 Å². The Hall–Kier alpha value is -1.87. The number of alkyl carbamates (subject to hydrolysis) is 1. The Morgan fingerprint density at radius 2 is 1.96 bits per heavy atom. The van der Waals surface area contributed by atoms with E-state index < -0.39 is 34.8 Å². The van der Waals surface area contributed by atoms with Gasteiger partial charge in [-0.2, -0.15) is 18.7 Å². The second kappa shape index (κ2) is 6.21. The van der Waals surface area contributed by atoms with Gasteiger partial charge in [0.1, 0.15) is 11.4 Å². The van der Waals surface area contributed by atoms with Crippen molar-refractivity contribution in [3.05, 3.63) is 35.1 Å². The van der Waals surface area contributed by atoms with Crippen LogP contribution in [0, 0.1) is 5.82 Å². The van der Waals surface area contributed by atoms with Crippen molar-refractivity contribution in [3.63, 3.8) is 0 Å². The van der Waals surface area contributed by atoms with Crippen molar-refractivity contribution >= 4 is 6.09 Å². The van der Waals surface area contributed by atoms with Gasteiger partial charge in [0, 0.05) is 6.54 Å². The molecule has 2 rings (SSSR count). The molecule has 9 heteroatoms. The molecular formula is C15H18F4N2O3. The lowest BCUT2D eigenvalue weighted by Crippen LogP contribution is -2.48. The second-order valence-corrected chi connectivity index (χ2v) is 6.43. The normalized spacial score (nSPS) is 16.6. The molecule has 0 unspecified atom stereocenters. The highest BCUT2D eigenvalue weighted by Crippen LogP contribution is 2.50. The summed E-state index contributed by atoms with van der Waals surface area (Å²) in [5.74, 6) is -1.37. The zero-order chi connectivity index (χ0) is 18.2. The molecule has 1 aliphatic rings. The number of carbonyl (C=O) groups excluding carboxylic acids is 1. The zero-order valence-electron chi connectivity index (χ0n) is 13.1. The van der Waals surface area contributed by atoms with E-state index >= 15 is 0 Å². The lowest BCUT2D eigenvalue weighted by atomic mass is 10.0. The van der Waals surface area contributed by atoms with E-state index in [1.807, 2.05) is 5.48 Å². The number of benzene rings is 1. The van der Waals surface area contributed by atoms with Crippen LogP contribution in [0.3, 0.4) is 0 Å². The van der Waals surface area contributed by atoms with Crippen molar-refractivity contribution in [1.82, 2.24) is 10.8 Å². The Morgan fingerprint density at radius 1 is 1.33 bits per heavy atom. The van der Waals surface area contributed by atoms with Crippen molar-refractivity contribution in [2.24, 2.45) is 0 Å². The monoisotopic (exact) mass is 350 g/mol. The largest absolute Gasteiger partial charge is 0.438 e. The SMILES string of the molecule is CC(C)(CNC(=O)OC1(c2ccc(F)c(C(F)(F)F)c2)CC1)NO. The Kier molecular flexibility index (Phi) is 4.78. The van der Waals surface area contributed by atoms with Gasteiger partial charge in [-0.05, 0) is 44.4 Å². The first-order valence-corrected chi connectivity index (χ1v) is 7.24. The summed E-state index contributed by atoms with van der Waals surface area (Å²) in [5, 5.41) is 11.3. The second-order valence-electron chi connectivity index (χ2n) is 6.43. The average Bonchev–Trinajstić information content (AvgIpc) is 3.25. The van der Waals surface area contributed by atoms with E-state index in [-0.39, 0.29) is 12.1 Å². The topological polar surface area (TPSA) is 70.6 Å². The molecule has 134 valence electrons. The first-order chi connectivity index (χ1) is 11.0. The fourth-order valence-electron chi connectivity index (χ4n) is 2.14. The Morgan fingerprint density at radius 3 is 2.46 bits per heavy atom. The van der Waals surface area contributed by atoms with Crippen LogP contribution in [0.5, 0.6) is 0 Å². The Balaban J connectivity index is 2.10. The van der Waals surface area contributed by atoms with E-state index in [9.17, 15) is 22.4 Å². The number of halogens is 4.